The number of phenolic OH excluding ortho intramolecular Hbond substituents is 1. The number of hydrogen-bond donors (Lipinski definition) is 2. The maximum atomic E-state index is 14.6. The van der Waals surface area contributed by atoms with Crippen molar-refractivity contribution in [3.63, 3.8) is 0 Å². The number of benzene rings is 5. The molecule has 1 atom stereocenters. The molecule has 0 aromatic heterocycles. The summed E-state index contributed by atoms with van der Waals surface area (Å²) in [7, 11) is 0. The summed E-state index contributed by atoms with van der Waals surface area (Å²) >= 11 is 14.1. The first-order chi connectivity index (χ1) is 30.0. The van der Waals surface area contributed by atoms with Gasteiger partial charge in [-0.1, -0.05) is 51.7 Å². The minimum absolute atomic E-state index is 0.0281. The molecule has 0 saturated carbocycles. The SMILES string of the molecule is CC1=C(CC(=O)Nc2ccc(OC(=O)CCCO[N+](=O)[O-])c(C(=O)Oc3ccc(P4(=S)SP(=S)(c5ccc(O)cc5)S4)cc3)c2)c2cc(F)ccc2/C1=C\c1ccc([S+](C)[O-])cc1. The third-order valence-electron chi connectivity index (χ3n) is 9.70. The molecule has 324 valence electrons. The molecule has 1 aliphatic heterocycles. The Kier molecular flexibility index (Phi) is 14.3. The highest BCUT2D eigenvalue weighted by atomic mass is 33.7. The van der Waals surface area contributed by atoms with Crippen LogP contribution in [0, 0.1) is 15.9 Å². The van der Waals surface area contributed by atoms with Crippen LogP contribution in [0.1, 0.15) is 53.2 Å². The molecule has 1 fully saturated rings. The molecular weight excluding hydrogens is 946 g/mol. The molecule has 1 aliphatic carbocycles. The number of phenols is 1. The van der Waals surface area contributed by atoms with Crippen LogP contribution < -0.4 is 25.4 Å². The quantitative estimate of drug-likeness (QED) is 0.0193. The molecule has 1 amide bonds. The number of allylic oxidation sites excluding steroid dienone is 2. The van der Waals surface area contributed by atoms with E-state index in [4.69, 9.17) is 33.1 Å². The molecule has 1 unspecified atom stereocenters. The number of carbonyl (C=O) groups is 3. The number of ether oxygens (including phenoxy) is 2. The Morgan fingerprint density at radius 3 is 2.17 bits per heavy atom. The van der Waals surface area contributed by atoms with Gasteiger partial charge >= 0.3 is 11.9 Å². The summed E-state index contributed by atoms with van der Waals surface area (Å²) in [4.78, 5) is 55.7. The normalized spacial score (nSPS) is 18.8. The van der Waals surface area contributed by atoms with Gasteiger partial charge < -0.3 is 29.3 Å². The van der Waals surface area contributed by atoms with Gasteiger partial charge in [0.25, 0.3) is 5.09 Å². The van der Waals surface area contributed by atoms with E-state index in [0.717, 1.165) is 32.9 Å². The number of amides is 1. The molecule has 2 aliphatic rings. The predicted molar refractivity (Wildman–Crippen MR) is 256 cm³/mol. The second-order valence-electron chi connectivity index (χ2n) is 14.0. The van der Waals surface area contributed by atoms with Gasteiger partial charge in [0.2, 0.25) is 5.91 Å². The topological polar surface area (TPSA) is 177 Å². The fourth-order valence-corrected chi connectivity index (χ4v) is 49.4. The van der Waals surface area contributed by atoms with Gasteiger partial charge in [-0.3, -0.25) is 9.59 Å². The van der Waals surface area contributed by atoms with E-state index in [1.54, 1.807) is 82.9 Å². The van der Waals surface area contributed by atoms with Crippen molar-refractivity contribution < 1.29 is 47.8 Å². The first kappa shape index (κ1) is 46.2. The van der Waals surface area contributed by atoms with Gasteiger partial charge in [-0.2, -0.15) is 0 Å². The van der Waals surface area contributed by atoms with Crippen LogP contribution in [0.25, 0.3) is 17.2 Å². The molecule has 5 aromatic rings. The summed E-state index contributed by atoms with van der Waals surface area (Å²) in [5.41, 5.74) is 4.25. The Balaban J connectivity index is 1.09. The maximum absolute atomic E-state index is 14.6. The zero-order chi connectivity index (χ0) is 45.1. The summed E-state index contributed by atoms with van der Waals surface area (Å²) in [5.74, 6) is -2.53. The number of nitrogens with one attached hydrogen (secondary N) is 1. The summed E-state index contributed by atoms with van der Waals surface area (Å²) in [5, 5.41) is 23.9. The molecule has 2 N–H and O–H groups in total. The molecule has 1 saturated heterocycles. The van der Waals surface area contributed by atoms with Crippen LogP contribution in [0.5, 0.6) is 17.2 Å². The zero-order valence-electron chi connectivity index (χ0n) is 33.2. The summed E-state index contributed by atoms with van der Waals surface area (Å²) in [6, 6.07) is 29.3. The Morgan fingerprint density at radius 2 is 1.54 bits per heavy atom. The fourth-order valence-electron chi connectivity index (χ4n) is 6.63. The number of carbonyl (C=O) groups excluding carboxylic acids is 3. The molecule has 0 spiro atoms. The van der Waals surface area contributed by atoms with E-state index >= 15 is 0 Å². The minimum atomic E-state index is -2.15. The van der Waals surface area contributed by atoms with Crippen molar-refractivity contribution in [2.24, 2.45) is 0 Å². The highest BCUT2D eigenvalue weighted by Gasteiger charge is 2.46. The lowest BCUT2D eigenvalue weighted by Gasteiger charge is -2.40. The smallest absolute Gasteiger partial charge is 0.347 e. The van der Waals surface area contributed by atoms with Crippen LogP contribution in [-0.4, -0.2) is 45.5 Å². The number of nitrogens with zero attached hydrogens (tertiary/aromatic N) is 1. The highest BCUT2D eigenvalue weighted by molar-refractivity contribution is 9.48. The van der Waals surface area contributed by atoms with Gasteiger partial charge in [0.15, 0.2) is 4.90 Å². The lowest BCUT2D eigenvalue weighted by atomic mass is 10.0. The molecule has 0 bridgehead atoms. The van der Waals surface area contributed by atoms with E-state index in [1.807, 2.05) is 37.3 Å². The lowest BCUT2D eigenvalue weighted by Crippen LogP contribution is -2.17. The average molecular weight is 981 g/mol. The van der Waals surface area contributed by atoms with Crippen LogP contribution in [0.4, 0.5) is 10.1 Å². The average Bonchev–Trinajstić information content (AvgIpc) is 3.47. The maximum Gasteiger partial charge on any atom is 0.347 e. The number of esters is 2. The van der Waals surface area contributed by atoms with E-state index in [0.29, 0.717) is 16.0 Å². The van der Waals surface area contributed by atoms with Gasteiger partial charge in [-0.05, 0) is 167 Å². The van der Waals surface area contributed by atoms with Gasteiger partial charge in [-0.15, -0.1) is 10.1 Å². The summed E-state index contributed by atoms with van der Waals surface area (Å²) < 4.78 is 33.6. The Bertz CT molecular complexity index is 2790. The second kappa shape index (κ2) is 19.5. The molecule has 7 rings (SSSR count). The first-order valence-corrected chi connectivity index (χ1v) is 30.0. The Morgan fingerprint density at radius 1 is 0.889 bits per heavy atom. The number of halogens is 1. The van der Waals surface area contributed by atoms with E-state index < -0.39 is 48.8 Å². The van der Waals surface area contributed by atoms with E-state index in [-0.39, 0.29) is 54.4 Å². The van der Waals surface area contributed by atoms with Crippen LogP contribution in [0.2, 0.25) is 0 Å². The van der Waals surface area contributed by atoms with E-state index in [1.165, 1.54) is 30.3 Å². The Hall–Kier alpha value is -4.77. The van der Waals surface area contributed by atoms with Crippen LogP contribution in [-0.2, 0) is 49.2 Å². The zero-order valence-corrected chi connectivity index (χ0v) is 39.1. The predicted octanol–water partition coefficient (Wildman–Crippen LogP) is 9.79. The molecule has 20 heteroatoms. The third-order valence-corrected chi connectivity index (χ3v) is 41.9. The van der Waals surface area contributed by atoms with Crippen molar-refractivity contribution in [3.05, 3.63) is 153 Å². The van der Waals surface area contributed by atoms with Crippen molar-refractivity contribution in [2.45, 2.75) is 31.1 Å². The largest absolute Gasteiger partial charge is 0.612 e. The van der Waals surface area contributed by atoms with Gasteiger partial charge in [-0.25, -0.2) is 9.18 Å². The van der Waals surface area contributed by atoms with E-state index in [2.05, 4.69) is 10.2 Å². The molecule has 0 radical (unpaired) electrons. The van der Waals surface area contributed by atoms with Crippen molar-refractivity contribution in [1.82, 2.24) is 0 Å². The van der Waals surface area contributed by atoms with Crippen molar-refractivity contribution in [1.29, 1.82) is 0 Å². The van der Waals surface area contributed by atoms with Crippen LogP contribution in [0.15, 0.2) is 120 Å². The minimum Gasteiger partial charge on any atom is -0.612 e. The third kappa shape index (κ3) is 11.0. The number of rotatable bonds is 15. The number of hydrogen-bond acceptors (Lipinski definition) is 14. The van der Waals surface area contributed by atoms with Crippen molar-refractivity contribution in [3.8, 4) is 17.2 Å². The fraction of sp³-hybridized carbons (Fsp3) is 0.140. The van der Waals surface area contributed by atoms with Gasteiger partial charge in [0, 0.05) is 22.7 Å². The number of aromatic hydroxyl groups is 1. The standard InChI is InChI=1S/C43H35FN2O10P2S5/c1-26-36(22-27-5-17-34(18-6-27)63(2)53)35-19-7-28(44)23-38(35)37(26)25-41(48)45-29-8-20-40(56-42(49)4-3-21-54-46(51)52)39(24-29)43(50)55-31-11-15-33(16-12-31)58(60)61-57(59,62-58)32-13-9-30(47)10-14-32/h5-20,22-24,47H,3-4,21,25H2,1-2H3,(H,45,48)/b36-22-. The monoisotopic (exact) mass is 980 g/mol. The van der Waals surface area contributed by atoms with Crippen LogP contribution >= 0.6 is 30.9 Å². The van der Waals surface area contributed by atoms with Crippen molar-refractivity contribution >= 4 is 117 Å². The molecule has 5 aromatic carbocycles. The molecular formula is C43H35FN2O10P2S5. The first-order valence-electron chi connectivity index (χ1n) is 18.8. The second-order valence-corrected chi connectivity index (χ2v) is 36.7. The van der Waals surface area contributed by atoms with Gasteiger partial charge in [0.05, 0.1) is 21.9 Å². The molecule has 12 nitrogen and oxygen atoms in total. The lowest BCUT2D eigenvalue weighted by molar-refractivity contribution is -0.757. The number of fused-ring (bicyclic) bond motifs is 1. The summed E-state index contributed by atoms with van der Waals surface area (Å²) in [6.45, 7) is 1.51. The highest BCUT2D eigenvalue weighted by Crippen LogP contribution is 3.04. The Labute approximate surface area is 382 Å². The molecule has 63 heavy (non-hydrogen) atoms. The van der Waals surface area contributed by atoms with Crippen LogP contribution in [0.3, 0.4) is 0 Å². The van der Waals surface area contributed by atoms with Gasteiger partial charge in [0.1, 0.15) is 34.9 Å². The van der Waals surface area contributed by atoms with E-state index in [9.17, 15) is 38.5 Å². The molecule has 1 heterocycles. The summed E-state index contributed by atoms with van der Waals surface area (Å²) in [6.07, 6.45) is 3.08. The number of anilines is 1. The van der Waals surface area contributed by atoms with Crippen molar-refractivity contribution in [2.75, 3.05) is 18.2 Å².